The SMILES string of the molecule is C1CCOC1.O=C1c2cccc(Br)c2C(=O)C2C=CC=CC12.OC1(c2ccccc2)c2cccc(Br)c2C(O)(c2ccccc2)C2C=CC=CC21.[Li+].[c-]1ccccc1. The molecule has 288 valence electrons. The van der Waals surface area contributed by atoms with E-state index in [4.69, 9.17) is 4.74 Å². The predicted octanol–water partition coefficient (Wildman–Crippen LogP) is 7.77. The fourth-order valence-electron chi connectivity index (χ4n) is 8.34. The Morgan fingerprint density at radius 1 is 0.569 bits per heavy atom. The van der Waals surface area contributed by atoms with E-state index in [0.717, 1.165) is 39.9 Å². The van der Waals surface area contributed by atoms with Crippen molar-refractivity contribution in [2.24, 2.45) is 23.7 Å². The predicted molar refractivity (Wildman–Crippen MR) is 232 cm³/mol. The van der Waals surface area contributed by atoms with E-state index in [-0.39, 0.29) is 54.1 Å². The van der Waals surface area contributed by atoms with Crippen LogP contribution in [0.25, 0.3) is 0 Å². The summed E-state index contributed by atoms with van der Waals surface area (Å²) in [6.07, 6.45) is 17.8. The van der Waals surface area contributed by atoms with Crippen LogP contribution in [0.15, 0.2) is 185 Å². The number of aliphatic hydroxyl groups is 2. The van der Waals surface area contributed by atoms with Crippen molar-refractivity contribution >= 4 is 43.4 Å². The van der Waals surface area contributed by atoms with E-state index in [1.807, 2.05) is 158 Å². The molecule has 10 rings (SSSR count). The summed E-state index contributed by atoms with van der Waals surface area (Å²) >= 11 is 7.03. The molecule has 0 saturated carbocycles. The van der Waals surface area contributed by atoms with Crippen LogP contribution in [0, 0.1) is 29.7 Å². The van der Waals surface area contributed by atoms with E-state index in [9.17, 15) is 19.8 Å². The molecule has 1 fully saturated rings. The average Bonchev–Trinajstić information content (AvgIpc) is 3.87. The molecular formula is C50H43Br2LiO5. The van der Waals surface area contributed by atoms with Crippen molar-refractivity contribution < 1.29 is 43.4 Å². The molecular weight excluding hydrogens is 847 g/mol. The average molecular weight is 891 g/mol. The van der Waals surface area contributed by atoms with Crippen LogP contribution in [0.3, 0.4) is 0 Å². The van der Waals surface area contributed by atoms with Gasteiger partial charge in [-0.05, 0) is 41.7 Å². The quantitative estimate of drug-likeness (QED) is 0.140. The number of allylic oxidation sites excluding steroid dienone is 6. The van der Waals surface area contributed by atoms with Gasteiger partial charge in [0.1, 0.15) is 11.2 Å². The van der Waals surface area contributed by atoms with E-state index >= 15 is 0 Å². The topological polar surface area (TPSA) is 83.8 Å². The first-order chi connectivity index (χ1) is 27.8. The maximum atomic E-state index is 12.4. The molecule has 0 radical (unpaired) electrons. The van der Waals surface area contributed by atoms with E-state index < -0.39 is 11.2 Å². The Balaban J connectivity index is 0.000000163. The van der Waals surface area contributed by atoms with Gasteiger partial charge in [-0.2, -0.15) is 36.4 Å². The zero-order valence-electron chi connectivity index (χ0n) is 32.3. The molecule has 0 bridgehead atoms. The molecule has 5 nitrogen and oxygen atoms in total. The summed E-state index contributed by atoms with van der Waals surface area (Å²) in [6, 6.07) is 43.1. The van der Waals surface area contributed by atoms with Crippen molar-refractivity contribution in [3.05, 3.63) is 224 Å². The summed E-state index contributed by atoms with van der Waals surface area (Å²) in [7, 11) is 0. The van der Waals surface area contributed by atoms with Crippen molar-refractivity contribution in [2.75, 3.05) is 13.2 Å². The van der Waals surface area contributed by atoms with Crippen LogP contribution >= 0.6 is 31.9 Å². The van der Waals surface area contributed by atoms with E-state index in [1.165, 1.54) is 12.8 Å². The van der Waals surface area contributed by atoms with E-state index in [0.29, 0.717) is 15.6 Å². The number of Topliss-reactive ketones (excluding diaryl/α,β-unsaturated/α-hetero) is 2. The van der Waals surface area contributed by atoms with Gasteiger partial charge in [-0.1, -0.05) is 165 Å². The summed E-state index contributed by atoms with van der Waals surface area (Å²) < 4.78 is 6.44. The van der Waals surface area contributed by atoms with Gasteiger partial charge in [0, 0.05) is 50.7 Å². The normalized spacial score (nSPS) is 25.4. The maximum Gasteiger partial charge on any atom is 1.00 e. The minimum atomic E-state index is -1.27. The van der Waals surface area contributed by atoms with Crippen molar-refractivity contribution in [1.29, 1.82) is 0 Å². The molecule has 0 spiro atoms. The molecule has 5 aromatic carbocycles. The van der Waals surface area contributed by atoms with Gasteiger partial charge < -0.3 is 14.9 Å². The van der Waals surface area contributed by atoms with Crippen LogP contribution in [0.4, 0.5) is 0 Å². The largest absolute Gasteiger partial charge is 1.00 e. The minimum Gasteiger partial charge on any atom is -0.381 e. The molecule has 1 heterocycles. The fourth-order valence-corrected chi connectivity index (χ4v) is 9.57. The summed E-state index contributed by atoms with van der Waals surface area (Å²) in [5.41, 5.74) is 1.62. The molecule has 6 unspecified atom stereocenters. The number of carbonyl (C=O) groups is 2. The number of carbonyl (C=O) groups excluding carboxylic acids is 2. The Kier molecular flexibility index (Phi) is 14.8. The second-order valence-electron chi connectivity index (χ2n) is 14.4. The Hall–Kier alpha value is -4.16. The molecule has 2 N–H and O–H groups in total. The molecule has 0 aromatic heterocycles. The fraction of sp³-hybridized carbons (Fsp3) is 0.200. The number of ether oxygens (including phenoxy) is 1. The van der Waals surface area contributed by atoms with Crippen LogP contribution in [0.5, 0.6) is 0 Å². The third-order valence-corrected chi connectivity index (χ3v) is 12.4. The van der Waals surface area contributed by atoms with Gasteiger partial charge in [0.05, 0.1) is 11.8 Å². The van der Waals surface area contributed by atoms with Gasteiger partial charge in [-0.25, -0.2) is 0 Å². The summed E-state index contributed by atoms with van der Waals surface area (Å²) in [5, 5.41) is 24.6. The minimum absolute atomic E-state index is 0. The van der Waals surface area contributed by atoms with Gasteiger partial charge in [0.15, 0.2) is 11.6 Å². The number of halogens is 2. The van der Waals surface area contributed by atoms with Crippen LogP contribution in [0.2, 0.25) is 0 Å². The molecule has 0 amide bonds. The molecule has 58 heavy (non-hydrogen) atoms. The number of rotatable bonds is 2. The molecule has 8 heteroatoms. The molecule has 5 aliphatic rings. The third kappa shape index (κ3) is 8.60. The van der Waals surface area contributed by atoms with Gasteiger partial charge >= 0.3 is 18.9 Å². The molecule has 5 aromatic rings. The number of fused-ring (bicyclic) bond motifs is 4. The summed E-state index contributed by atoms with van der Waals surface area (Å²) in [5.74, 6) is -1.25. The Morgan fingerprint density at radius 3 is 1.60 bits per heavy atom. The van der Waals surface area contributed by atoms with Gasteiger partial charge in [-0.3, -0.25) is 9.59 Å². The number of hydrogen-bond donors (Lipinski definition) is 2. The third-order valence-electron chi connectivity index (χ3n) is 11.0. The van der Waals surface area contributed by atoms with Crippen LogP contribution < -0.4 is 18.9 Å². The number of hydrogen-bond acceptors (Lipinski definition) is 5. The van der Waals surface area contributed by atoms with Gasteiger partial charge in [0.2, 0.25) is 0 Å². The zero-order chi connectivity index (χ0) is 39.8. The second-order valence-corrected chi connectivity index (χ2v) is 16.1. The monoisotopic (exact) mass is 888 g/mol. The van der Waals surface area contributed by atoms with Gasteiger partial charge in [-0.15, -0.1) is 0 Å². The standard InChI is InChI=1S/C26H21BrO2.C14H9BrO2.C6H5.C4H8O.Li/c27-23-17-9-16-22-24(23)26(29,19-12-5-2-6-13-19)21-15-8-7-14-20(21)25(22,28)18-10-3-1-4-11-18;15-11-7-3-6-10-12(11)14(17)9-5-2-1-4-8(9)13(10)16;1-2-4-6-5-3-1;1-2-4-5-3-1;/h1-17,20-21,28-29H;1-9H;1-5H;1-4H2;/q;;-1;;+1. The van der Waals surface area contributed by atoms with E-state index in [1.54, 1.807) is 18.2 Å². The van der Waals surface area contributed by atoms with Crippen molar-refractivity contribution in [2.45, 2.75) is 24.0 Å². The number of benzene rings is 5. The number of ketones is 2. The Morgan fingerprint density at radius 2 is 1.07 bits per heavy atom. The van der Waals surface area contributed by atoms with Gasteiger partial charge in [0.25, 0.3) is 0 Å². The van der Waals surface area contributed by atoms with Crippen LogP contribution in [-0.4, -0.2) is 35.0 Å². The second kappa shape index (κ2) is 19.7. The van der Waals surface area contributed by atoms with Crippen molar-refractivity contribution in [3.8, 4) is 0 Å². The molecule has 4 aliphatic carbocycles. The molecule has 1 aliphatic heterocycles. The van der Waals surface area contributed by atoms with Crippen molar-refractivity contribution in [1.82, 2.24) is 0 Å². The molecule has 1 saturated heterocycles. The Labute approximate surface area is 369 Å². The van der Waals surface area contributed by atoms with Crippen LogP contribution in [0.1, 0.15) is 55.8 Å². The first kappa shape index (κ1) is 43.4. The summed E-state index contributed by atoms with van der Waals surface area (Å²) in [4.78, 5) is 24.6. The zero-order valence-corrected chi connectivity index (χ0v) is 35.4. The molecule has 6 atom stereocenters. The smallest absolute Gasteiger partial charge is 0.381 e. The van der Waals surface area contributed by atoms with Crippen LogP contribution in [-0.2, 0) is 15.9 Å². The first-order valence-corrected chi connectivity index (χ1v) is 20.8. The van der Waals surface area contributed by atoms with E-state index in [2.05, 4.69) is 37.9 Å². The first-order valence-electron chi connectivity index (χ1n) is 19.2. The van der Waals surface area contributed by atoms with Crippen molar-refractivity contribution in [3.63, 3.8) is 0 Å². The maximum absolute atomic E-state index is 12.4. The Bertz CT molecular complexity index is 2270. The summed E-state index contributed by atoms with van der Waals surface area (Å²) in [6.45, 7) is 2.00.